The molecule has 1 unspecified atom stereocenters. The van der Waals surface area contributed by atoms with Crippen LogP contribution in [0.2, 0.25) is 0 Å². The fourth-order valence-corrected chi connectivity index (χ4v) is 1.51. The number of benzene rings is 1. The predicted molar refractivity (Wildman–Crippen MR) is 52.4 cm³/mol. The van der Waals surface area contributed by atoms with Crippen molar-refractivity contribution in [2.45, 2.75) is 13.2 Å². The smallest absolute Gasteiger partial charge is 0.320 e. The fourth-order valence-electron chi connectivity index (χ4n) is 1.51. The first kappa shape index (κ1) is 10.6. The van der Waals surface area contributed by atoms with Crippen LogP contribution < -0.4 is 9.80 Å². The van der Waals surface area contributed by atoms with E-state index in [1.54, 1.807) is 0 Å². The summed E-state index contributed by atoms with van der Waals surface area (Å²) in [4.78, 5) is 22.5. The van der Waals surface area contributed by atoms with E-state index in [-0.39, 0.29) is 27.8 Å². The normalized spacial score (nSPS) is 19.1. The first-order valence-corrected chi connectivity index (χ1v) is 4.54. The number of rotatable bonds is 1. The minimum atomic E-state index is -1.75. The predicted octanol–water partition coefficient (Wildman–Crippen LogP) is 0.322. The molecular formula is C10H9NO5. The lowest BCUT2D eigenvalue weighted by atomic mass is 10.1. The van der Waals surface area contributed by atoms with Gasteiger partial charge in [-0.2, -0.15) is 5.06 Å². The van der Waals surface area contributed by atoms with Crippen molar-refractivity contribution < 1.29 is 24.6 Å². The molecule has 1 aromatic rings. The van der Waals surface area contributed by atoms with E-state index in [0.717, 1.165) is 0 Å². The maximum atomic E-state index is 11.3. The van der Waals surface area contributed by atoms with Crippen molar-refractivity contribution in [3.63, 3.8) is 0 Å². The Kier molecular flexibility index (Phi) is 2.37. The van der Waals surface area contributed by atoms with Gasteiger partial charge in [0.2, 0.25) is 0 Å². The summed E-state index contributed by atoms with van der Waals surface area (Å²) in [5.41, 5.74) is 0.116. The fraction of sp³-hybridized carbons (Fsp3) is 0.200. The number of para-hydroxylation sites is 1. The lowest BCUT2D eigenvalue weighted by Crippen LogP contribution is -2.44. The molecule has 84 valence electrons. The number of ketones is 1. The average molecular weight is 223 g/mol. The molecular weight excluding hydrogens is 214 g/mol. The zero-order valence-corrected chi connectivity index (χ0v) is 8.38. The van der Waals surface area contributed by atoms with E-state index in [9.17, 15) is 14.8 Å². The number of nitrogens with zero attached hydrogens (tertiary/aromatic N) is 1. The molecule has 0 fully saturated rings. The van der Waals surface area contributed by atoms with Crippen molar-refractivity contribution in [3.05, 3.63) is 23.8 Å². The Morgan fingerprint density at radius 2 is 2.19 bits per heavy atom. The Balaban J connectivity index is 2.62. The summed E-state index contributed by atoms with van der Waals surface area (Å²) in [7, 11) is 0. The average Bonchev–Trinajstić information content (AvgIpc) is 2.25. The third kappa shape index (κ3) is 1.44. The van der Waals surface area contributed by atoms with E-state index < -0.39 is 12.2 Å². The first-order chi connectivity index (χ1) is 7.52. The van der Waals surface area contributed by atoms with E-state index >= 15 is 0 Å². The number of hydrogen-bond acceptors (Lipinski definition) is 5. The van der Waals surface area contributed by atoms with E-state index in [1.807, 2.05) is 0 Å². The van der Waals surface area contributed by atoms with Crippen LogP contribution in [0.3, 0.4) is 0 Å². The molecule has 0 saturated carbocycles. The summed E-state index contributed by atoms with van der Waals surface area (Å²) in [5.74, 6) is -1.26. The number of aliphatic hydroxyl groups is 1. The minimum absolute atomic E-state index is 0.0368. The summed E-state index contributed by atoms with van der Waals surface area (Å²) in [6.07, 6.45) is -1.75. The van der Waals surface area contributed by atoms with Crippen LogP contribution >= 0.6 is 0 Å². The van der Waals surface area contributed by atoms with Gasteiger partial charge in [-0.25, -0.2) is 0 Å². The number of fused-ring (bicyclic) bond motifs is 1. The van der Waals surface area contributed by atoms with Crippen molar-refractivity contribution in [3.8, 4) is 5.75 Å². The molecule has 0 radical (unpaired) electrons. The number of carbonyl (C=O) groups excluding carboxylic acids is 2. The van der Waals surface area contributed by atoms with Crippen LogP contribution in [0.25, 0.3) is 0 Å². The van der Waals surface area contributed by atoms with E-state index in [1.165, 1.54) is 25.1 Å². The largest absolute Gasteiger partial charge is 0.453 e. The molecule has 1 atom stereocenters. The summed E-state index contributed by atoms with van der Waals surface area (Å²) < 4.78 is 4.86. The van der Waals surface area contributed by atoms with Gasteiger partial charge in [-0.1, -0.05) is 6.07 Å². The molecule has 6 nitrogen and oxygen atoms in total. The Morgan fingerprint density at radius 1 is 1.50 bits per heavy atom. The second kappa shape index (κ2) is 3.58. The molecule has 1 aliphatic rings. The van der Waals surface area contributed by atoms with Gasteiger partial charge in [-0.15, -0.1) is 0 Å². The van der Waals surface area contributed by atoms with E-state index in [0.29, 0.717) is 0 Å². The molecule has 0 saturated heterocycles. The molecule has 1 aliphatic heterocycles. The quantitative estimate of drug-likeness (QED) is 0.529. The second-order valence-corrected chi connectivity index (χ2v) is 3.33. The van der Waals surface area contributed by atoms with Crippen molar-refractivity contribution in [1.29, 1.82) is 0 Å². The van der Waals surface area contributed by atoms with Crippen LogP contribution in [0.4, 0.5) is 5.69 Å². The summed E-state index contributed by atoms with van der Waals surface area (Å²) in [6.45, 7) is 1.30. The maximum Gasteiger partial charge on any atom is 0.320 e. The van der Waals surface area contributed by atoms with Gasteiger partial charge < -0.3 is 9.84 Å². The molecule has 0 bridgehead atoms. The lowest BCUT2D eigenvalue weighted by Gasteiger charge is -2.28. The first-order valence-electron chi connectivity index (χ1n) is 4.54. The van der Waals surface area contributed by atoms with Gasteiger partial charge in [0.05, 0.1) is 0 Å². The number of aliphatic hydroxyl groups excluding tert-OH is 1. The third-order valence-electron chi connectivity index (χ3n) is 2.25. The van der Waals surface area contributed by atoms with E-state index in [4.69, 9.17) is 9.84 Å². The highest BCUT2D eigenvalue weighted by Gasteiger charge is 2.34. The van der Waals surface area contributed by atoms with Gasteiger partial charge in [0.25, 0.3) is 6.29 Å². The number of Topliss-reactive ketones (excluding diaryl/α,β-unsaturated/α-hetero) is 1. The highest BCUT2D eigenvalue weighted by Crippen LogP contribution is 2.35. The van der Waals surface area contributed by atoms with Gasteiger partial charge in [0.15, 0.2) is 11.5 Å². The van der Waals surface area contributed by atoms with Crippen LogP contribution in [-0.4, -0.2) is 28.3 Å². The summed E-state index contributed by atoms with van der Waals surface area (Å²) in [6, 6.07) is 4.44. The maximum absolute atomic E-state index is 11.3. The Labute approximate surface area is 90.6 Å². The molecule has 0 spiro atoms. The second-order valence-electron chi connectivity index (χ2n) is 3.33. The SMILES string of the molecule is CC(=O)c1cccc2c1N(O)C(=O)C(O)O2. The molecule has 1 aromatic carbocycles. The van der Waals surface area contributed by atoms with Crippen LogP contribution in [0.1, 0.15) is 17.3 Å². The van der Waals surface area contributed by atoms with Crippen molar-refractivity contribution in [2.75, 3.05) is 5.06 Å². The van der Waals surface area contributed by atoms with Crippen LogP contribution in [0.15, 0.2) is 18.2 Å². The van der Waals surface area contributed by atoms with Crippen molar-refractivity contribution in [1.82, 2.24) is 0 Å². The van der Waals surface area contributed by atoms with Gasteiger partial charge in [0.1, 0.15) is 5.69 Å². The number of carbonyl (C=O) groups is 2. The lowest BCUT2D eigenvalue weighted by molar-refractivity contribution is -0.148. The molecule has 0 aliphatic carbocycles. The van der Waals surface area contributed by atoms with Crippen molar-refractivity contribution >= 4 is 17.4 Å². The third-order valence-corrected chi connectivity index (χ3v) is 2.25. The molecule has 16 heavy (non-hydrogen) atoms. The molecule has 2 N–H and O–H groups in total. The van der Waals surface area contributed by atoms with Crippen LogP contribution in [0.5, 0.6) is 5.75 Å². The highest BCUT2D eigenvalue weighted by atomic mass is 16.6. The molecule has 1 heterocycles. The standard InChI is InChI=1S/C10H9NO5/c1-5(12)6-3-2-4-7-8(6)11(15)9(13)10(14)16-7/h2-4,10,14-15H,1H3. The Bertz CT molecular complexity index is 470. The number of hydrogen-bond donors (Lipinski definition) is 2. The molecule has 6 heteroatoms. The number of hydroxylamine groups is 1. The molecule has 0 aromatic heterocycles. The zero-order valence-electron chi connectivity index (χ0n) is 8.38. The molecule has 2 rings (SSSR count). The van der Waals surface area contributed by atoms with Gasteiger partial charge in [-0.05, 0) is 19.1 Å². The number of ether oxygens (including phenoxy) is 1. The van der Waals surface area contributed by atoms with Gasteiger partial charge in [0, 0.05) is 5.56 Å². The van der Waals surface area contributed by atoms with Crippen LogP contribution in [0, 0.1) is 0 Å². The van der Waals surface area contributed by atoms with Gasteiger partial charge >= 0.3 is 5.91 Å². The monoisotopic (exact) mass is 223 g/mol. The topological polar surface area (TPSA) is 87.1 Å². The Hall–Kier alpha value is -1.92. The van der Waals surface area contributed by atoms with E-state index in [2.05, 4.69) is 0 Å². The van der Waals surface area contributed by atoms with Crippen LogP contribution in [-0.2, 0) is 4.79 Å². The summed E-state index contributed by atoms with van der Waals surface area (Å²) in [5, 5.41) is 18.9. The number of anilines is 1. The highest BCUT2D eigenvalue weighted by molar-refractivity contribution is 6.07. The van der Waals surface area contributed by atoms with Gasteiger partial charge in [-0.3, -0.25) is 14.8 Å². The number of amides is 1. The zero-order chi connectivity index (χ0) is 11.9. The summed E-state index contributed by atoms with van der Waals surface area (Å²) >= 11 is 0. The van der Waals surface area contributed by atoms with Crippen molar-refractivity contribution in [2.24, 2.45) is 0 Å². The minimum Gasteiger partial charge on any atom is -0.453 e. The Morgan fingerprint density at radius 3 is 2.81 bits per heavy atom. The molecule has 1 amide bonds.